The van der Waals surface area contributed by atoms with Gasteiger partial charge in [0.1, 0.15) is 0 Å². The smallest absolute Gasteiger partial charge is 0.182 e. The van der Waals surface area contributed by atoms with Crippen molar-refractivity contribution in [2.45, 2.75) is 38.5 Å². The Hall–Kier alpha value is -1.56. The van der Waals surface area contributed by atoms with Crippen LogP contribution >= 0.6 is 0 Å². The van der Waals surface area contributed by atoms with Crippen molar-refractivity contribution in [1.29, 1.82) is 5.26 Å². The molecule has 0 radical (unpaired) electrons. The predicted molar refractivity (Wildman–Crippen MR) is 65.6 cm³/mol. The van der Waals surface area contributed by atoms with Crippen molar-refractivity contribution in [2.75, 3.05) is 0 Å². The minimum Gasteiger partial charge on any atom is -0.344 e. The van der Waals surface area contributed by atoms with Gasteiger partial charge < -0.3 is 4.57 Å². The lowest BCUT2D eigenvalue weighted by Crippen LogP contribution is -2.20. The fourth-order valence-electron chi connectivity index (χ4n) is 2.63. The van der Waals surface area contributed by atoms with Crippen LogP contribution in [0.25, 0.3) is 0 Å². The van der Waals surface area contributed by atoms with Gasteiger partial charge in [-0.3, -0.25) is 4.79 Å². The molecule has 0 aromatic carbocycles. The van der Waals surface area contributed by atoms with Crippen molar-refractivity contribution in [2.24, 2.45) is 13.0 Å². The normalized spacial score (nSPS) is 16.7. The number of carbonyl (C=O) groups excluding carboxylic acids is 1. The van der Waals surface area contributed by atoms with E-state index in [9.17, 15) is 4.79 Å². The molecule has 0 atom stereocenters. The Morgan fingerprint density at radius 3 is 2.76 bits per heavy atom. The third-order valence-electron chi connectivity index (χ3n) is 3.71. The van der Waals surface area contributed by atoms with Crippen molar-refractivity contribution in [3.63, 3.8) is 0 Å². The Kier molecular flexibility index (Phi) is 3.63. The van der Waals surface area contributed by atoms with E-state index >= 15 is 0 Å². The van der Waals surface area contributed by atoms with Crippen molar-refractivity contribution < 1.29 is 4.79 Å². The third kappa shape index (κ3) is 2.41. The van der Waals surface area contributed by atoms with Gasteiger partial charge in [-0.25, -0.2) is 0 Å². The second-order valence-corrected chi connectivity index (χ2v) is 4.80. The fourth-order valence-corrected chi connectivity index (χ4v) is 2.63. The number of aromatic nitrogens is 1. The molecule has 3 nitrogen and oxygen atoms in total. The molecule has 90 valence electrons. The van der Waals surface area contributed by atoms with Crippen LogP contribution in [0.15, 0.2) is 12.1 Å². The van der Waals surface area contributed by atoms with E-state index in [0.717, 1.165) is 24.2 Å². The average molecular weight is 230 g/mol. The van der Waals surface area contributed by atoms with Crippen LogP contribution in [0.4, 0.5) is 0 Å². The summed E-state index contributed by atoms with van der Waals surface area (Å²) in [5, 5.41) is 8.69. The zero-order valence-corrected chi connectivity index (χ0v) is 10.3. The van der Waals surface area contributed by atoms with Crippen LogP contribution in [0.2, 0.25) is 0 Å². The van der Waals surface area contributed by atoms with Gasteiger partial charge in [0.05, 0.1) is 18.2 Å². The molecular weight excluding hydrogens is 212 g/mol. The molecule has 0 N–H and O–H groups in total. The highest BCUT2D eigenvalue weighted by molar-refractivity contribution is 5.96. The lowest BCUT2D eigenvalue weighted by atomic mass is 9.85. The van der Waals surface area contributed by atoms with Crippen molar-refractivity contribution >= 4 is 5.78 Å². The number of Topliss-reactive ketones (excluding diaryl/α,β-unsaturated/α-hetero) is 1. The van der Waals surface area contributed by atoms with Gasteiger partial charge in [-0.05, 0) is 25.0 Å². The molecule has 0 amide bonds. The van der Waals surface area contributed by atoms with Gasteiger partial charge in [0.15, 0.2) is 5.78 Å². The van der Waals surface area contributed by atoms with E-state index in [1.165, 1.54) is 19.3 Å². The lowest BCUT2D eigenvalue weighted by molar-refractivity contribution is 0.0881. The van der Waals surface area contributed by atoms with E-state index in [1.54, 1.807) is 0 Å². The molecule has 0 saturated heterocycles. The molecule has 0 aliphatic heterocycles. The number of carbonyl (C=O) groups is 1. The van der Waals surface area contributed by atoms with Gasteiger partial charge in [0, 0.05) is 18.7 Å². The number of nitrogens with zero attached hydrogens (tertiary/aromatic N) is 2. The summed E-state index contributed by atoms with van der Waals surface area (Å²) in [6.45, 7) is 0. The number of ketones is 1. The van der Waals surface area contributed by atoms with Crippen LogP contribution in [0.5, 0.6) is 0 Å². The first-order chi connectivity index (χ1) is 8.24. The minimum absolute atomic E-state index is 0.201. The average Bonchev–Trinajstić information content (AvgIpc) is 2.72. The summed E-state index contributed by atoms with van der Waals surface area (Å²) in [5.74, 6) is 0.462. The van der Waals surface area contributed by atoms with Crippen LogP contribution < -0.4 is 0 Å². The summed E-state index contributed by atoms with van der Waals surface area (Å²) in [6, 6.07) is 5.88. The van der Waals surface area contributed by atoms with Crippen molar-refractivity contribution in [1.82, 2.24) is 4.57 Å². The number of hydrogen-bond donors (Lipinski definition) is 0. The summed E-state index contributed by atoms with van der Waals surface area (Å²) < 4.78 is 1.88. The molecule has 1 fully saturated rings. The van der Waals surface area contributed by atoms with Gasteiger partial charge >= 0.3 is 0 Å². The zero-order chi connectivity index (χ0) is 12.3. The van der Waals surface area contributed by atoms with Crippen molar-refractivity contribution in [3.8, 4) is 6.07 Å². The van der Waals surface area contributed by atoms with Gasteiger partial charge in [-0.1, -0.05) is 19.3 Å². The van der Waals surface area contributed by atoms with E-state index in [1.807, 2.05) is 23.7 Å². The highest BCUT2D eigenvalue weighted by Crippen LogP contribution is 2.27. The largest absolute Gasteiger partial charge is 0.344 e. The monoisotopic (exact) mass is 230 g/mol. The zero-order valence-electron chi connectivity index (χ0n) is 10.3. The Bertz CT molecular complexity index is 447. The molecule has 0 bridgehead atoms. The van der Waals surface area contributed by atoms with E-state index in [2.05, 4.69) is 6.07 Å². The number of hydrogen-bond acceptors (Lipinski definition) is 2. The highest BCUT2D eigenvalue weighted by Gasteiger charge is 2.24. The Labute approximate surface area is 102 Å². The SMILES string of the molecule is Cn1c(CC#N)ccc1C(=O)C1CCCCC1. The first kappa shape index (κ1) is 11.9. The third-order valence-corrected chi connectivity index (χ3v) is 3.71. The summed E-state index contributed by atoms with van der Waals surface area (Å²) in [4.78, 5) is 12.3. The molecule has 3 heteroatoms. The number of nitriles is 1. The topological polar surface area (TPSA) is 45.8 Å². The van der Waals surface area contributed by atoms with Crippen LogP contribution in [0.1, 0.15) is 48.3 Å². The lowest BCUT2D eigenvalue weighted by Gasteiger charge is -2.20. The molecule has 0 spiro atoms. The summed E-state index contributed by atoms with van der Waals surface area (Å²) >= 11 is 0. The predicted octanol–water partition coefficient (Wildman–Crippen LogP) is 2.85. The molecule has 1 aliphatic carbocycles. The number of rotatable bonds is 3. The van der Waals surface area contributed by atoms with Crippen LogP contribution in [0, 0.1) is 17.2 Å². The Morgan fingerprint density at radius 2 is 2.12 bits per heavy atom. The Morgan fingerprint density at radius 1 is 1.41 bits per heavy atom. The first-order valence-electron chi connectivity index (χ1n) is 6.30. The van der Waals surface area contributed by atoms with E-state index in [-0.39, 0.29) is 11.7 Å². The first-order valence-corrected chi connectivity index (χ1v) is 6.30. The molecule has 2 rings (SSSR count). The maximum Gasteiger partial charge on any atom is 0.182 e. The standard InChI is InChI=1S/C14H18N2O/c1-16-12(9-10-15)7-8-13(16)14(17)11-5-3-2-4-6-11/h7-8,11H,2-6,9H2,1H3. The molecule has 1 heterocycles. The van der Waals surface area contributed by atoms with Crippen LogP contribution in [-0.4, -0.2) is 10.4 Å². The Balaban J connectivity index is 2.16. The molecule has 1 aromatic rings. The molecular formula is C14H18N2O. The maximum absolute atomic E-state index is 12.3. The molecule has 0 unspecified atom stereocenters. The van der Waals surface area contributed by atoms with E-state index in [4.69, 9.17) is 5.26 Å². The minimum atomic E-state index is 0.201. The molecule has 1 aromatic heterocycles. The van der Waals surface area contributed by atoms with Crippen LogP contribution in [0.3, 0.4) is 0 Å². The van der Waals surface area contributed by atoms with Crippen LogP contribution in [-0.2, 0) is 13.5 Å². The van der Waals surface area contributed by atoms with Gasteiger partial charge in [-0.2, -0.15) is 5.26 Å². The second-order valence-electron chi connectivity index (χ2n) is 4.80. The fraction of sp³-hybridized carbons (Fsp3) is 0.571. The molecule has 17 heavy (non-hydrogen) atoms. The summed E-state index contributed by atoms with van der Waals surface area (Å²) in [7, 11) is 1.88. The van der Waals surface area contributed by atoms with Gasteiger partial charge in [-0.15, -0.1) is 0 Å². The van der Waals surface area contributed by atoms with Gasteiger partial charge in [0.2, 0.25) is 0 Å². The van der Waals surface area contributed by atoms with E-state index in [0.29, 0.717) is 6.42 Å². The quantitative estimate of drug-likeness (QED) is 0.749. The van der Waals surface area contributed by atoms with Crippen molar-refractivity contribution in [3.05, 3.63) is 23.5 Å². The highest BCUT2D eigenvalue weighted by atomic mass is 16.1. The maximum atomic E-state index is 12.3. The summed E-state index contributed by atoms with van der Waals surface area (Å²) in [5.41, 5.74) is 1.69. The molecule has 1 saturated carbocycles. The summed E-state index contributed by atoms with van der Waals surface area (Å²) in [6.07, 6.45) is 6.03. The molecule has 1 aliphatic rings. The van der Waals surface area contributed by atoms with E-state index < -0.39 is 0 Å². The second kappa shape index (κ2) is 5.18. The van der Waals surface area contributed by atoms with Gasteiger partial charge in [0.25, 0.3) is 0 Å².